The highest BCUT2D eigenvalue weighted by Gasteiger charge is 2.15. The van der Waals surface area contributed by atoms with Gasteiger partial charge in [-0.05, 0) is 49.1 Å². The molecular weight excluding hydrogens is 404 g/mol. The molecular formula is C22H26N2O3S2. The van der Waals surface area contributed by atoms with Crippen molar-refractivity contribution in [2.75, 3.05) is 5.75 Å². The van der Waals surface area contributed by atoms with Crippen LogP contribution in [0.1, 0.15) is 43.7 Å². The predicted octanol–water partition coefficient (Wildman–Crippen LogP) is 4.35. The van der Waals surface area contributed by atoms with Gasteiger partial charge in [0.15, 0.2) is 14.6 Å². The molecule has 3 rings (SSSR count). The Bertz CT molecular complexity index is 1200. The Balaban J connectivity index is 1.70. The number of fused-ring (bicyclic) bond motifs is 1. The number of carbonyl (C=O) groups excluding carboxylic acids is 1. The first kappa shape index (κ1) is 21.5. The van der Waals surface area contributed by atoms with Crippen molar-refractivity contribution < 1.29 is 13.2 Å². The molecule has 0 radical (unpaired) electrons. The third-order valence-electron chi connectivity index (χ3n) is 4.90. The lowest BCUT2D eigenvalue weighted by atomic mass is 10.0. The SMILES string of the molecule is Cc1ccc(S(=O)(=O)CCCC(=O)N=c2sc3cc(C(C)C)ccc3n2C)cc1. The Kier molecular flexibility index (Phi) is 6.39. The molecule has 0 saturated carbocycles. The number of sulfone groups is 1. The lowest BCUT2D eigenvalue weighted by molar-refractivity contribution is -0.118. The molecule has 0 N–H and O–H groups in total. The zero-order valence-corrected chi connectivity index (χ0v) is 18.8. The minimum absolute atomic E-state index is 0.0619. The Morgan fingerprint density at radius 3 is 2.48 bits per heavy atom. The fourth-order valence-corrected chi connectivity index (χ4v) is 5.45. The topological polar surface area (TPSA) is 68.5 Å². The van der Waals surface area contributed by atoms with Crippen LogP contribution in [0.4, 0.5) is 0 Å². The van der Waals surface area contributed by atoms with Crippen molar-refractivity contribution in [3.63, 3.8) is 0 Å². The quantitative estimate of drug-likeness (QED) is 0.584. The Morgan fingerprint density at radius 2 is 1.83 bits per heavy atom. The van der Waals surface area contributed by atoms with Crippen molar-refractivity contribution in [2.45, 2.75) is 44.4 Å². The molecule has 1 amide bonds. The Morgan fingerprint density at radius 1 is 1.14 bits per heavy atom. The second-order valence-electron chi connectivity index (χ2n) is 7.57. The second-order valence-corrected chi connectivity index (χ2v) is 10.7. The molecule has 2 aromatic carbocycles. The van der Waals surface area contributed by atoms with E-state index in [1.54, 1.807) is 24.3 Å². The molecule has 5 nitrogen and oxygen atoms in total. The van der Waals surface area contributed by atoms with Crippen LogP contribution >= 0.6 is 11.3 Å². The molecule has 1 heterocycles. The number of amides is 1. The third-order valence-corrected chi connectivity index (χ3v) is 7.82. The zero-order valence-electron chi connectivity index (χ0n) is 17.2. The maximum atomic E-state index is 12.4. The summed E-state index contributed by atoms with van der Waals surface area (Å²) in [5.74, 6) is 0.0767. The van der Waals surface area contributed by atoms with Crippen LogP contribution in [0.15, 0.2) is 52.4 Å². The summed E-state index contributed by atoms with van der Waals surface area (Å²) in [7, 11) is -1.49. The van der Waals surface area contributed by atoms with E-state index in [2.05, 4.69) is 37.0 Å². The van der Waals surface area contributed by atoms with E-state index in [-0.39, 0.29) is 24.5 Å². The van der Waals surface area contributed by atoms with Gasteiger partial charge in [0.25, 0.3) is 0 Å². The summed E-state index contributed by atoms with van der Waals surface area (Å²) in [6.07, 6.45) is 0.362. The number of rotatable bonds is 6. The molecule has 0 unspecified atom stereocenters. The van der Waals surface area contributed by atoms with Gasteiger partial charge in [-0.2, -0.15) is 4.99 Å². The van der Waals surface area contributed by atoms with Crippen LogP contribution in [-0.4, -0.2) is 24.6 Å². The van der Waals surface area contributed by atoms with Gasteiger partial charge in [0.05, 0.1) is 20.9 Å². The molecule has 3 aromatic rings. The standard InChI is InChI=1S/C22H26N2O3S2/c1-15(2)17-9-12-19-20(14-17)28-22(24(19)4)23-21(25)6-5-13-29(26,27)18-10-7-16(3)8-11-18/h7-12,14-15H,5-6,13H2,1-4H3. The van der Waals surface area contributed by atoms with Gasteiger partial charge in [-0.3, -0.25) is 4.79 Å². The van der Waals surface area contributed by atoms with Crippen LogP contribution in [0.5, 0.6) is 0 Å². The van der Waals surface area contributed by atoms with Crippen LogP contribution in [0.3, 0.4) is 0 Å². The molecule has 154 valence electrons. The van der Waals surface area contributed by atoms with Gasteiger partial charge >= 0.3 is 0 Å². The van der Waals surface area contributed by atoms with Gasteiger partial charge < -0.3 is 4.57 Å². The first-order valence-electron chi connectivity index (χ1n) is 9.64. The zero-order chi connectivity index (χ0) is 21.2. The van der Waals surface area contributed by atoms with Crippen molar-refractivity contribution in [3.8, 4) is 0 Å². The highest BCUT2D eigenvalue weighted by atomic mass is 32.2. The van der Waals surface area contributed by atoms with Crippen molar-refractivity contribution in [1.82, 2.24) is 4.57 Å². The minimum atomic E-state index is -3.38. The summed E-state index contributed by atoms with van der Waals surface area (Å²) < 4.78 is 27.8. The van der Waals surface area contributed by atoms with Crippen molar-refractivity contribution in [2.24, 2.45) is 12.0 Å². The summed E-state index contributed by atoms with van der Waals surface area (Å²) in [5, 5.41) is 0. The maximum absolute atomic E-state index is 12.4. The molecule has 0 atom stereocenters. The maximum Gasteiger partial charge on any atom is 0.248 e. The van der Waals surface area contributed by atoms with E-state index in [9.17, 15) is 13.2 Å². The monoisotopic (exact) mass is 430 g/mol. The molecule has 0 aliphatic carbocycles. The normalized spacial score (nSPS) is 12.8. The predicted molar refractivity (Wildman–Crippen MR) is 118 cm³/mol. The van der Waals surface area contributed by atoms with Gasteiger partial charge in [0.1, 0.15) is 0 Å². The van der Waals surface area contributed by atoms with E-state index in [0.29, 0.717) is 15.6 Å². The molecule has 1 aromatic heterocycles. The molecule has 0 saturated heterocycles. The van der Waals surface area contributed by atoms with Crippen molar-refractivity contribution >= 4 is 37.3 Å². The van der Waals surface area contributed by atoms with Crippen LogP contribution in [0.25, 0.3) is 10.2 Å². The molecule has 0 bridgehead atoms. The highest BCUT2D eigenvalue weighted by molar-refractivity contribution is 7.91. The smallest absolute Gasteiger partial charge is 0.248 e. The third kappa shape index (κ3) is 5.03. The summed E-state index contributed by atoms with van der Waals surface area (Å²) in [6, 6.07) is 13.1. The molecule has 29 heavy (non-hydrogen) atoms. The van der Waals surface area contributed by atoms with Crippen molar-refractivity contribution in [3.05, 3.63) is 58.4 Å². The minimum Gasteiger partial charge on any atom is -0.319 e. The van der Waals surface area contributed by atoms with Crippen LogP contribution in [-0.2, 0) is 21.7 Å². The second kappa shape index (κ2) is 8.63. The molecule has 0 spiro atoms. The van der Waals surface area contributed by atoms with Crippen LogP contribution in [0, 0.1) is 6.92 Å². The van der Waals surface area contributed by atoms with E-state index >= 15 is 0 Å². The summed E-state index contributed by atoms with van der Waals surface area (Å²) in [5.41, 5.74) is 3.29. The van der Waals surface area contributed by atoms with Crippen molar-refractivity contribution in [1.29, 1.82) is 0 Å². The van der Waals surface area contributed by atoms with E-state index in [1.807, 2.05) is 18.5 Å². The van der Waals surface area contributed by atoms with E-state index in [1.165, 1.54) is 16.9 Å². The number of thiazole rings is 1. The summed E-state index contributed by atoms with van der Waals surface area (Å²) in [6.45, 7) is 6.21. The number of aromatic nitrogens is 1. The number of benzene rings is 2. The average Bonchev–Trinajstić information content (AvgIpc) is 2.97. The largest absolute Gasteiger partial charge is 0.319 e. The van der Waals surface area contributed by atoms with Gasteiger partial charge in [-0.1, -0.05) is 48.9 Å². The first-order chi connectivity index (χ1) is 13.7. The molecule has 7 heteroatoms. The number of aryl methyl sites for hydroxylation is 2. The summed E-state index contributed by atoms with van der Waals surface area (Å²) in [4.78, 5) is 17.5. The lowest BCUT2D eigenvalue weighted by Gasteiger charge is -2.04. The summed E-state index contributed by atoms with van der Waals surface area (Å²) >= 11 is 1.48. The number of carbonyl (C=O) groups is 1. The van der Waals surface area contributed by atoms with E-state index in [0.717, 1.165) is 15.8 Å². The number of hydrogen-bond donors (Lipinski definition) is 0. The molecule has 0 aliphatic rings. The number of hydrogen-bond acceptors (Lipinski definition) is 4. The fraction of sp³-hybridized carbons (Fsp3) is 0.364. The average molecular weight is 431 g/mol. The Hall–Kier alpha value is -2.25. The number of nitrogens with zero attached hydrogens (tertiary/aromatic N) is 2. The molecule has 0 fully saturated rings. The fourth-order valence-electron chi connectivity index (χ4n) is 3.06. The van der Waals surface area contributed by atoms with Gasteiger partial charge in [0, 0.05) is 13.5 Å². The van der Waals surface area contributed by atoms with Crippen LogP contribution < -0.4 is 4.80 Å². The van der Waals surface area contributed by atoms with E-state index in [4.69, 9.17) is 0 Å². The van der Waals surface area contributed by atoms with Gasteiger partial charge in [-0.15, -0.1) is 0 Å². The van der Waals surface area contributed by atoms with E-state index < -0.39 is 9.84 Å². The van der Waals surface area contributed by atoms with Gasteiger partial charge in [-0.25, -0.2) is 8.42 Å². The molecule has 0 aliphatic heterocycles. The highest BCUT2D eigenvalue weighted by Crippen LogP contribution is 2.23. The van der Waals surface area contributed by atoms with Gasteiger partial charge in [0.2, 0.25) is 5.91 Å². The lowest BCUT2D eigenvalue weighted by Crippen LogP contribution is -2.14. The van der Waals surface area contributed by atoms with Crippen LogP contribution in [0.2, 0.25) is 0 Å². The first-order valence-corrected chi connectivity index (χ1v) is 12.1. The Labute approximate surface area is 175 Å².